The van der Waals surface area contributed by atoms with Gasteiger partial charge in [-0.25, -0.2) is 4.68 Å². The van der Waals surface area contributed by atoms with Gasteiger partial charge in [0.15, 0.2) is 0 Å². The highest BCUT2D eigenvalue weighted by atomic mass is 35.5. The number of piperidine rings is 1. The zero-order valence-electron chi connectivity index (χ0n) is 15.8. The summed E-state index contributed by atoms with van der Waals surface area (Å²) < 4.78 is 1.81. The summed E-state index contributed by atoms with van der Waals surface area (Å²) in [5.74, 6) is -0.00288. The number of carbonyl (C=O) groups excluding carboxylic acids is 1. The molecular formula is C20H27ClN4O. The average molecular weight is 375 g/mol. The van der Waals surface area contributed by atoms with Crippen LogP contribution in [0.3, 0.4) is 0 Å². The monoisotopic (exact) mass is 374 g/mol. The summed E-state index contributed by atoms with van der Waals surface area (Å²) in [6.07, 6.45) is 3.23. The Labute approximate surface area is 160 Å². The van der Waals surface area contributed by atoms with Gasteiger partial charge in [0.25, 0.3) is 5.91 Å². The zero-order chi connectivity index (χ0) is 18.7. The quantitative estimate of drug-likeness (QED) is 0.867. The summed E-state index contributed by atoms with van der Waals surface area (Å²) in [5, 5.41) is 8.30. The second-order valence-corrected chi connectivity index (χ2v) is 7.41. The Balaban J connectivity index is 1.62. The first kappa shape index (κ1) is 18.9. The maximum atomic E-state index is 12.5. The molecule has 6 heteroatoms. The van der Waals surface area contributed by atoms with Crippen LogP contribution in [0.1, 0.15) is 47.9 Å². The lowest BCUT2D eigenvalue weighted by Crippen LogP contribution is -2.44. The van der Waals surface area contributed by atoms with Crippen LogP contribution in [0.4, 0.5) is 0 Å². The van der Waals surface area contributed by atoms with Crippen LogP contribution in [-0.2, 0) is 0 Å². The molecule has 1 aliphatic heterocycles. The smallest absolute Gasteiger partial charge is 0.251 e. The second-order valence-electron chi connectivity index (χ2n) is 7.03. The molecule has 5 nitrogen and oxygen atoms in total. The van der Waals surface area contributed by atoms with E-state index in [0.717, 1.165) is 49.6 Å². The van der Waals surface area contributed by atoms with Crippen molar-refractivity contribution in [3.05, 3.63) is 46.2 Å². The van der Waals surface area contributed by atoms with Crippen LogP contribution in [0.2, 0.25) is 5.02 Å². The first-order valence-electron chi connectivity index (χ1n) is 9.35. The van der Waals surface area contributed by atoms with E-state index in [2.05, 4.69) is 22.2 Å². The van der Waals surface area contributed by atoms with E-state index in [0.29, 0.717) is 10.6 Å². The molecule has 0 bridgehead atoms. The maximum absolute atomic E-state index is 12.5. The van der Waals surface area contributed by atoms with Gasteiger partial charge in [0, 0.05) is 24.7 Å². The van der Waals surface area contributed by atoms with E-state index in [1.165, 1.54) is 6.42 Å². The van der Waals surface area contributed by atoms with Crippen LogP contribution in [-0.4, -0.2) is 46.3 Å². The third-order valence-corrected chi connectivity index (χ3v) is 5.59. The molecule has 2 aromatic rings. The van der Waals surface area contributed by atoms with Crippen molar-refractivity contribution in [1.29, 1.82) is 0 Å². The first-order chi connectivity index (χ1) is 12.5. The molecule has 1 saturated heterocycles. The fraction of sp³-hybridized carbons (Fsp3) is 0.500. The number of aromatic nitrogens is 2. The van der Waals surface area contributed by atoms with Gasteiger partial charge in [0.05, 0.1) is 22.1 Å². The molecule has 1 aromatic carbocycles. The number of nitrogens with zero attached hydrogens (tertiary/aromatic N) is 3. The normalized spacial score (nSPS) is 16.0. The van der Waals surface area contributed by atoms with Crippen LogP contribution >= 0.6 is 11.6 Å². The molecular weight excluding hydrogens is 348 g/mol. The number of likely N-dealkylation sites (tertiary alicyclic amines) is 1. The van der Waals surface area contributed by atoms with Crippen molar-refractivity contribution in [2.24, 2.45) is 0 Å². The molecule has 3 rings (SSSR count). The highest BCUT2D eigenvalue weighted by Crippen LogP contribution is 2.22. The Hall–Kier alpha value is -1.85. The van der Waals surface area contributed by atoms with E-state index in [1.54, 1.807) is 0 Å². The summed E-state index contributed by atoms with van der Waals surface area (Å²) in [6.45, 7) is 9.32. The number of rotatable bonds is 5. The third-order valence-electron chi connectivity index (χ3n) is 5.04. The number of nitrogens with one attached hydrogen (secondary N) is 1. The number of halogens is 1. The molecule has 26 heavy (non-hydrogen) atoms. The van der Waals surface area contributed by atoms with Crippen molar-refractivity contribution in [2.75, 3.05) is 19.6 Å². The number of aryl methyl sites for hydroxylation is 1. The molecule has 1 N–H and O–H groups in total. The Morgan fingerprint density at radius 1 is 1.23 bits per heavy atom. The SMILES string of the molecule is CCCN1CCC(NC(=O)c2ccc(-n3nc(C)c(Cl)c3C)cc2)CC1. The van der Waals surface area contributed by atoms with Crippen LogP contribution in [0.25, 0.3) is 5.69 Å². The fourth-order valence-corrected chi connectivity index (χ4v) is 3.63. The van der Waals surface area contributed by atoms with Gasteiger partial charge in [-0.1, -0.05) is 18.5 Å². The van der Waals surface area contributed by atoms with E-state index < -0.39 is 0 Å². The number of benzene rings is 1. The minimum atomic E-state index is -0.00288. The van der Waals surface area contributed by atoms with E-state index in [-0.39, 0.29) is 11.9 Å². The summed E-state index contributed by atoms with van der Waals surface area (Å²) in [4.78, 5) is 15.0. The van der Waals surface area contributed by atoms with Crippen LogP contribution in [0.5, 0.6) is 0 Å². The van der Waals surface area contributed by atoms with Gasteiger partial charge >= 0.3 is 0 Å². The van der Waals surface area contributed by atoms with Crippen molar-refractivity contribution < 1.29 is 4.79 Å². The molecule has 0 spiro atoms. The highest BCUT2D eigenvalue weighted by molar-refractivity contribution is 6.31. The van der Waals surface area contributed by atoms with Crippen LogP contribution in [0, 0.1) is 13.8 Å². The Morgan fingerprint density at radius 2 is 1.88 bits per heavy atom. The predicted octanol–water partition coefficient (Wildman–Crippen LogP) is 3.75. The number of hydrogen-bond acceptors (Lipinski definition) is 3. The molecule has 140 valence electrons. The standard InChI is InChI=1S/C20H27ClN4O/c1-4-11-24-12-9-17(10-13-24)22-20(26)16-5-7-18(8-6-16)25-15(3)19(21)14(2)23-25/h5-8,17H,4,9-13H2,1-3H3,(H,22,26). The highest BCUT2D eigenvalue weighted by Gasteiger charge is 2.20. The van der Waals surface area contributed by atoms with Gasteiger partial charge < -0.3 is 10.2 Å². The maximum Gasteiger partial charge on any atom is 0.251 e. The van der Waals surface area contributed by atoms with Crippen molar-refractivity contribution in [3.63, 3.8) is 0 Å². The second kappa shape index (κ2) is 8.23. The Kier molecular flexibility index (Phi) is 5.99. The van der Waals surface area contributed by atoms with E-state index in [4.69, 9.17) is 11.6 Å². The van der Waals surface area contributed by atoms with Crippen molar-refractivity contribution in [1.82, 2.24) is 20.0 Å². The Morgan fingerprint density at radius 3 is 2.42 bits per heavy atom. The largest absolute Gasteiger partial charge is 0.349 e. The lowest BCUT2D eigenvalue weighted by atomic mass is 10.0. The summed E-state index contributed by atoms with van der Waals surface area (Å²) in [7, 11) is 0. The molecule has 1 aromatic heterocycles. The van der Waals surface area contributed by atoms with Crippen molar-refractivity contribution in [2.45, 2.75) is 46.1 Å². The van der Waals surface area contributed by atoms with Gasteiger partial charge in [-0.05, 0) is 63.9 Å². The first-order valence-corrected chi connectivity index (χ1v) is 9.72. The number of hydrogen-bond donors (Lipinski definition) is 1. The molecule has 0 unspecified atom stereocenters. The average Bonchev–Trinajstić information content (AvgIpc) is 2.91. The summed E-state index contributed by atoms with van der Waals surface area (Å²) in [5.41, 5.74) is 3.29. The van der Waals surface area contributed by atoms with Crippen LogP contribution in [0.15, 0.2) is 24.3 Å². The summed E-state index contributed by atoms with van der Waals surface area (Å²) in [6, 6.07) is 7.79. The minimum absolute atomic E-state index is 0.00288. The topological polar surface area (TPSA) is 50.2 Å². The molecule has 0 aliphatic carbocycles. The van der Waals surface area contributed by atoms with Gasteiger partial charge in [0.1, 0.15) is 0 Å². The van der Waals surface area contributed by atoms with Gasteiger partial charge in [-0.3, -0.25) is 4.79 Å². The molecule has 1 aliphatic rings. The van der Waals surface area contributed by atoms with E-state index in [1.807, 2.05) is 42.8 Å². The molecule has 0 atom stereocenters. The predicted molar refractivity (Wildman–Crippen MR) is 105 cm³/mol. The van der Waals surface area contributed by atoms with Crippen molar-refractivity contribution >= 4 is 17.5 Å². The zero-order valence-corrected chi connectivity index (χ0v) is 16.5. The van der Waals surface area contributed by atoms with Gasteiger partial charge in [0.2, 0.25) is 0 Å². The van der Waals surface area contributed by atoms with E-state index >= 15 is 0 Å². The molecule has 2 heterocycles. The number of carbonyl (C=O) groups is 1. The van der Waals surface area contributed by atoms with Crippen molar-refractivity contribution in [3.8, 4) is 5.69 Å². The fourth-order valence-electron chi connectivity index (χ4n) is 3.51. The molecule has 0 saturated carbocycles. The van der Waals surface area contributed by atoms with Gasteiger partial charge in [-0.15, -0.1) is 0 Å². The molecule has 1 amide bonds. The Bertz CT molecular complexity index is 761. The van der Waals surface area contributed by atoms with Gasteiger partial charge in [-0.2, -0.15) is 5.10 Å². The molecule has 0 radical (unpaired) electrons. The van der Waals surface area contributed by atoms with Crippen LogP contribution < -0.4 is 5.32 Å². The minimum Gasteiger partial charge on any atom is -0.349 e. The number of amides is 1. The van der Waals surface area contributed by atoms with E-state index in [9.17, 15) is 4.79 Å². The summed E-state index contributed by atoms with van der Waals surface area (Å²) >= 11 is 6.22. The third kappa shape index (κ3) is 4.10. The lowest BCUT2D eigenvalue weighted by molar-refractivity contribution is 0.0911. The molecule has 1 fully saturated rings. The lowest BCUT2D eigenvalue weighted by Gasteiger charge is -2.32.